The molecule has 0 fully saturated rings. The monoisotopic (exact) mass is 479 g/mol. The number of nitrogens with one attached hydrogen (secondary N) is 2. The molecule has 0 radical (unpaired) electrons. The number of carbonyl (C=O) groups is 1. The van der Waals surface area contributed by atoms with Crippen molar-refractivity contribution in [2.45, 2.75) is 63.8 Å². The van der Waals surface area contributed by atoms with Gasteiger partial charge in [-0.15, -0.1) is 12.4 Å². The minimum Gasteiger partial charge on any atom is -0.460 e. The third-order valence-electron chi connectivity index (χ3n) is 2.91. The topological polar surface area (TPSA) is 117 Å². The number of ether oxygens (including phenoxy) is 1. The summed E-state index contributed by atoms with van der Waals surface area (Å²) in [6, 6.07) is 0. The normalized spacial score (nSPS) is 14.1. The zero-order chi connectivity index (χ0) is 23.3. The van der Waals surface area contributed by atoms with Crippen molar-refractivity contribution >= 4 is 18.4 Å². The number of hydrogen-bond donors (Lipinski definition) is 5. The van der Waals surface area contributed by atoms with Gasteiger partial charge < -0.3 is 31.3 Å². The Morgan fingerprint density at radius 2 is 1.33 bits per heavy atom. The molecule has 0 amide bonds. The maximum absolute atomic E-state index is 11.9. The van der Waals surface area contributed by atoms with Crippen molar-refractivity contribution in [3.05, 3.63) is 0 Å². The number of hydrogen-bond acceptors (Lipinski definition) is 7. The summed E-state index contributed by atoms with van der Waals surface area (Å²) in [6.07, 6.45) is -13.3. The van der Waals surface area contributed by atoms with E-state index >= 15 is 0 Å². The first-order valence-electron chi connectivity index (χ1n) is 8.83. The molecular formula is C16H32ClF6N3O4. The molecule has 30 heavy (non-hydrogen) atoms. The summed E-state index contributed by atoms with van der Waals surface area (Å²) in [6.45, 7) is 4.89. The quantitative estimate of drug-likeness (QED) is 0.183. The molecule has 0 aromatic heterocycles. The molecule has 0 aromatic rings. The van der Waals surface area contributed by atoms with Crippen LogP contribution in [0, 0.1) is 0 Å². The summed E-state index contributed by atoms with van der Waals surface area (Å²) in [5, 5.41) is 21.8. The lowest BCUT2D eigenvalue weighted by Crippen LogP contribution is -2.39. The van der Waals surface area contributed by atoms with Crippen LogP contribution >= 0.6 is 12.4 Å². The smallest absolute Gasteiger partial charge is 0.415 e. The number of alkyl halides is 6. The fourth-order valence-electron chi connectivity index (χ4n) is 1.56. The van der Waals surface area contributed by atoms with E-state index in [-0.39, 0.29) is 44.4 Å². The Balaban J connectivity index is -0.000000525. The largest absolute Gasteiger partial charge is 0.460 e. The summed E-state index contributed by atoms with van der Waals surface area (Å²) >= 11 is 0. The second-order valence-electron chi connectivity index (χ2n) is 7.00. The first-order chi connectivity index (χ1) is 13.0. The van der Waals surface area contributed by atoms with Gasteiger partial charge in [0.15, 0.2) is 12.2 Å². The predicted octanol–water partition coefficient (Wildman–Crippen LogP) is 1.50. The lowest BCUT2D eigenvalue weighted by molar-refractivity contribution is -0.202. The summed E-state index contributed by atoms with van der Waals surface area (Å²) in [5.41, 5.74) is 4.44. The summed E-state index contributed by atoms with van der Waals surface area (Å²) in [7, 11) is 0. The van der Waals surface area contributed by atoms with Gasteiger partial charge in [0.1, 0.15) is 5.60 Å². The highest BCUT2D eigenvalue weighted by Gasteiger charge is 2.38. The Morgan fingerprint density at radius 1 is 0.933 bits per heavy atom. The van der Waals surface area contributed by atoms with E-state index in [0.29, 0.717) is 6.42 Å². The lowest BCUT2D eigenvalue weighted by Gasteiger charge is -2.19. The highest BCUT2D eigenvalue weighted by Crippen LogP contribution is 2.19. The summed E-state index contributed by atoms with van der Waals surface area (Å²) < 4.78 is 75.4. The molecule has 0 rings (SSSR count). The van der Waals surface area contributed by atoms with E-state index in [2.05, 4.69) is 10.6 Å². The number of aliphatic hydroxyl groups excluding tert-OH is 2. The van der Waals surface area contributed by atoms with Crippen LogP contribution in [-0.4, -0.2) is 79.1 Å². The van der Waals surface area contributed by atoms with Crippen molar-refractivity contribution in [1.82, 2.24) is 10.6 Å². The Kier molecular flexibility index (Phi) is 17.9. The molecule has 184 valence electrons. The highest BCUT2D eigenvalue weighted by molar-refractivity contribution is 5.85. The third-order valence-corrected chi connectivity index (χ3v) is 2.91. The average molecular weight is 480 g/mol. The van der Waals surface area contributed by atoms with Gasteiger partial charge in [0.2, 0.25) is 0 Å². The zero-order valence-corrected chi connectivity index (χ0v) is 17.9. The molecule has 0 heterocycles. The van der Waals surface area contributed by atoms with E-state index in [4.69, 9.17) is 20.7 Å². The van der Waals surface area contributed by atoms with Gasteiger partial charge in [0, 0.05) is 32.6 Å². The molecule has 2 atom stereocenters. The molecule has 0 unspecified atom stereocenters. The van der Waals surface area contributed by atoms with Gasteiger partial charge in [-0.1, -0.05) is 0 Å². The fourth-order valence-corrected chi connectivity index (χ4v) is 1.56. The molecule has 6 N–H and O–H groups in total. The molecular weight excluding hydrogens is 448 g/mol. The van der Waals surface area contributed by atoms with Crippen LogP contribution in [0.5, 0.6) is 0 Å². The molecule has 0 saturated carbocycles. The Hall–Kier alpha value is -0.860. The van der Waals surface area contributed by atoms with Gasteiger partial charge in [-0.2, -0.15) is 26.3 Å². The molecule has 0 aliphatic heterocycles. The first kappa shape index (κ1) is 33.8. The maximum Gasteiger partial charge on any atom is 0.415 e. The lowest BCUT2D eigenvalue weighted by atomic mass is 10.2. The summed E-state index contributed by atoms with van der Waals surface area (Å²) in [5.74, 6) is -0.388. The molecule has 14 heteroatoms. The van der Waals surface area contributed by atoms with E-state index in [1.165, 1.54) is 0 Å². The van der Waals surface area contributed by atoms with Crippen LogP contribution in [0.2, 0.25) is 0 Å². The minimum atomic E-state index is -4.61. The standard InChI is InChI=1S/C11H20F3NO3.C5H11F3N2O.ClH/c1-10(2,3)18-9(17)5-4-6-15-7-8(16)11(12,13)14;6-5(7,8)4(11)3-10-2-1-9;/h8,15-16H,4-7H2,1-3H3;4,10-11H,1-3,9H2;1H/t8-;4-;/m00./s1. The number of carbonyl (C=O) groups excluding carboxylic acids is 1. The van der Waals surface area contributed by atoms with E-state index < -0.39 is 43.3 Å². The average Bonchev–Trinajstić information content (AvgIpc) is 2.51. The van der Waals surface area contributed by atoms with Crippen molar-refractivity contribution in [3.8, 4) is 0 Å². The Morgan fingerprint density at radius 3 is 1.67 bits per heavy atom. The van der Waals surface area contributed by atoms with Crippen LogP contribution in [-0.2, 0) is 9.53 Å². The first-order valence-corrected chi connectivity index (χ1v) is 8.83. The molecule has 0 spiro atoms. The molecule has 0 bridgehead atoms. The second kappa shape index (κ2) is 15.9. The molecule has 0 aliphatic carbocycles. The van der Waals surface area contributed by atoms with Gasteiger partial charge in [-0.05, 0) is 33.7 Å². The van der Waals surface area contributed by atoms with Crippen molar-refractivity contribution in [1.29, 1.82) is 0 Å². The predicted molar refractivity (Wildman–Crippen MR) is 101 cm³/mol. The highest BCUT2D eigenvalue weighted by atomic mass is 35.5. The van der Waals surface area contributed by atoms with Crippen molar-refractivity contribution in [2.24, 2.45) is 5.73 Å². The van der Waals surface area contributed by atoms with E-state index in [0.717, 1.165) is 0 Å². The van der Waals surface area contributed by atoms with Crippen molar-refractivity contribution < 1.29 is 46.1 Å². The van der Waals surface area contributed by atoms with Crippen LogP contribution in [0.25, 0.3) is 0 Å². The van der Waals surface area contributed by atoms with Gasteiger partial charge in [0.05, 0.1) is 0 Å². The molecule has 7 nitrogen and oxygen atoms in total. The van der Waals surface area contributed by atoms with Gasteiger partial charge in [-0.3, -0.25) is 4.79 Å². The van der Waals surface area contributed by atoms with Crippen LogP contribution in [0.15, 0.2) is 0 Å². The van der Waals surface area contributed by atoms with E-state index in [9.17, 15) is 31.1 Å². The summed E-state index contributed by atoms with van der Waals surface area (Å²) in [4.78, 5) is 11.2. The minimum absolute atomic E-state index is 0. The number of halogens is 7. The van der Waals surface area contributed by atoms with E-state index in [1.54, 1.807) is 20.8 Å². The second-order valence-corrected chi connectivity index (χ2v) is 7.00. The number of rotatable bonds is 10. The van der Waals surface area contributed by atoms with Crippen LogP contribution in [0.4, 0.5) is 26.3 Å². The van der Waals surface area contributed by atoms with E-state index in [1.807, 2.05) is 0 Å². The Bertz CT molecular complexity index is 448. The van der Waals surface area contributed by atoms with Crippen LogP contribution in [0.3, 0.4) is 0 Å². The number of nitrogens with two attached hydrogens (primary N) is 1. The molecule has 0 aliphatic rings. The third kappa shape index (κ3) is 21.8. The fraction of sp³-hybridized carbons (Fsp3) is 0.938. The van der Waals surface area contributed by atoms with Gasteiger partial charge in [-0.25, -0.2) is 0 Å². The number of esters is 1. The molecule has 0 saturated heterocycles. The van der Waals surface area contributed by atoms with Gasteiger partial charge >= 0.3 is 18.3 Å². The van der Waals surface area contributed by atoms with Crippen molar-refractivity contribution in [3.63, 3.8) is 0 Å². The van der Waals surface area contributed by atoms with Crippen molar-refractivity contribution in [2.75, 3.05) is 32.7 Å². The van der Waals surface area contributed by atoms with Gasteiger partial charge in [0.25, 0.3) is 0 Å². The maximum atomic E-state index is 11.9. The SMILES string of the molecule is CC(C)(C)OC(=O)CCCNC[C@H](O)C(F)(F)F.Cl.NCCNC[C@H](O)C(F)(F)F. The Labute approximate surface area is 178 Å². The van der Waals surface area contributed by atoms with Crippen LogP contribution < -0.4 is 16.4 Å². The number of aliphatic hydroxyl groups is 2. The molecule has 0 aromatic carbocycles. The zero-order valence-electron chi connectivity index (χ0n) is 17.1. The van der Waals surface area contributed by atoms with Crippen LogP contribution in [0.1, 0.15) is 33.6 Å².